The van der Waals surface area contributed by atoms with Crippen molar-refractivity contribution in [1.29, 1.82) is 0 Å². The fourth-order valence-electron chi connectivity index (χ4n) is 1.93. The number of hydrogen-bond acceptors (Lipinski definition) is 4. The Kier molecular flexibility index (Phi) is 7.26. The van der Waals surface area contributed by atoms with Crippen molar-refractivity contribution in [2.75, 3.05) is 27.3 Å². The molecule has 4 nitrogen and oxygen atoms in total. The zero-order valence-corrected chi connectivity index (χ0v) is 12.9. The SMILES string of the molecule is COC(=O)Cc1ccccc1CN(C)CCOC(C)C. The van der Waals surface area contributed by atoms with Crippen molar-refractivity contribution in [2.45, 2.75) is 32.9 Å². The number of carbonyl (C=O) groups excluding carboxylic acids is 1. The van der Waals surface area contributed by atoms with Crippen LogP contribution in [0.3, 0.4) is 0 Å². The lowest BCUT2D eigenvalue weighted by Crippen LogP contribution is -2.24. The van der Waals surface area contributed by atoms with Gasteiger partial charge in [-0.2, -0.15) is 0 Å². The maximum Gasteiger partial charge on any atom is 0.309 e. The fraction of sp³-hybridized carbons (Fsp3) is 0.562. The van der Waals surface area contributed by atoms with Gasteiger partial charge in [0, 0.05) is 13.1 Å². The van der Waals surface area contributed by atoms with Gasteiger partial charge in [-0.15, -0.1) is 0 Å². The first-order chi connectivity index (χ1) is 9.52. The van der Waals surface area contributed by atoms with Crippen LogP contribution in [-0.2, 0) is 27.2 Å². The highest BCUT2D eigenvalue weighted by atomic mass is 16.5. The maximum absolute atomic E-state index is 11.4. The van der Waals surface area contributed by atoms with Crippen molar-refractivity contribution in [2.24, 2.45) is 0 Å². The molecule has 0 fully saturated rings. The highest BCUT2D eigenvalue weighted by molar-refractivity contribution is 5.72. The molecule has 0 spiro atoms. The van der Waals surface area contributed by atoms with E-state index < -0.39 is 0 Å². The number of methoxy groups -OCH3 is 1. The molecular weight excluding hydrogens is 254 g/mol. The molecule has 0 N–H and O–H groups in total. The van der Waals surface area contributed by atoms with E-state index in [0.29, 0.717) is 13.0 Å². The molecule has 0 aliphatic heterocycles. The van der Waals surface area contributed by atoms with Crippen LogP contribution >= 0.6 is 0 Å². The maximum atomic E-state index is 11.4. The van der Waals surface area contributed by atoms with E-state index >= 15 is 0 Å². The molecule has 0 aliphatic rings. The molecule has 1 aromatic carbocycles. The van der Waals surface area contributed by atoms with E-state index in [1.165, 1.54) is 7.11 Å². The molecule has 0 unspecified atom stereocenters. The number of rotatable bonds is 8. The van der Waals surface area contributed by atoms with E-state index in [9.17, 15) is 4.79 Å². The molecule has 20 heavy (non-hydrogen) atoms. The predicted octanol–water partition coefficient (Wildman–Crippen LogP) is 2.26. The molecule has 112 valence electrons. The summed E-state index contributed by atoms with van der Waals surface area (Å²) in [6.07, 6.45) is 0.582. The van der Waals surface area contributed by atoms with Gasteiger partial charge in [-0.05, 0) is 32.0 Å². The standard InChI is InChI=1S/C16H25NO3/c1-13(2)20-10-9-17(3)12-15-8-6-5-7-14(15)11-16(18)19-4/h5-8,13H,9-12H2,1-4H3. The quantitative estimate of drug-likeness (QED) is 0.684. The first kappa shape index (κ1) is 16.7. The number of ether oxygens (including phenoxy) is 2. The molecule has 1 aromatic rings. The van der Waals surface area contributed by atoms with E-state index in [1.807, 2.05) is 32.0 Å². The molecule has 0 atom stereocenters. The Morgan fingerprint density at radius 2 is 1.90 bits per heavy atom. The Balaban J connectivity index is 2.55. The summed E-state index contributed by atoms with van der Waals surface area (Å²) in [6, 6.07) is 7.97. The minimum Gasteiger partial charge on any atom is -0.469 e. The molecule has 0 saturated heterocycles. The van der Waals surface area contributed by atoms with Crippen molar-refractivity contribution in [3.8, 4) is 0 Å². The summed E-state index contributed by atoms with van der Waals surface area (Å²) in [5, 5.41) is 0. The van der Waals surface area contributed by atoms with Gasteiger partial charge in [-0.3, -0.25) is 9.69 Å². The lowest BCUT2D eigenvalue weighted by molar-refractivity contribution is -0.139. The van der Waals surface area contributed by atoms with Crippen LogP contribution in [0.2, 0.25) is 0 Å². The van der Waals surface area contributed by atoms with Gasteiger partial charge in [0.25, 0.3) is 0 Å². The Bertz CT molecular complexity index is 418. The third kappa shape index (κ3) is 6.17. The summed E-state index contributed by atoms with van der Waals surface area (Å²) >= 11 is 0. The van der Waals surface area contributed by atoms with Crippen LogP contribution < -0.4 is 0 Å². The smallest absolute Gasteiger partial charge is 0.309 e. The minimum atomic E-state index is -0.205. The van der Waals surface area contributed by atoms with Crippen LogP contribution in [0.25, 0.3) is 0 Å². The summed E-state index contributed by atoms with van der Waals surface area (Å²) in [5.41, 5.74) is 2.18. The summed E-state index contributed by atoms with van der Waals surface area (Å²) in [5.74, 6) is -0.205. The Hall–Kier alpha value is -1.39. The van der Waals surface area contributed by atoms with Gasteiger partial charge in [0.1, 0.15) is 0 Å². The number of benzene rings is 1. The molecule has 0 amide bonds. The average molecular weight is 279 g/mol. The van der Waals surface area contributed by atoms with Gasteiger partial charge in [0.2, 0.25) is 0 Å². The second-order valence-electron chi connectivity index (χ2n) is 5.18. The number of nitrogens with zero attached hydrogens (tertiary/aromatic N) is 1. The van der Waals surface area contributed by atoms with Gasteiger partial charge < -0.3 is 9.47 Å². The zero-order chi connectivity index (χ0) is 15.0. The summed E-state index contributed by atoms with van der Waals surface area (Å²) in [6.45, 7) is 6.45. The Labute approximate surface area is 121 Å². The lowest BCUT2D eigenvalue weighted by atomic mass is 10.0. The Morgan fingerprint density at radius 1 is 1.25 bits per heavy atom. The van der Waals surface area contributed by atoms with Crippen molar-refractivity contribution in [3.05, 3.63) is 35.4 Å². The third-order valence-corrected chi connectivity index (χ3v) is 3.05. The number of hydrogen-bond donors (Lipinski definition) is 0. The van der Waals surface area contributed by atoms with Crippen molar-refractivity contribution in [3.63, 3.8) is 0 Å². The molecule has 0 aromatic heterocycles. The van der Waals surface area contributed by atoms with Gasteiger partial charge >= 0.3 is 5.97 Å². The zero-order valence-electron chi connectivity index (χ0n) is 12.9. The van der Waals surface area contributed by atoms with Gasteiger partial charge in [0.15, 0.2) is 0 Å². The topological polar surface area (TPSA) is 38.8 Å². The summed E-state index contributed by atoms with van der Waals surface area (Å²) in [4.78, 5) is 13.6. The van der Waals surface area contributed by atoms with E-state index in [4.69, 9.17) is 9.47 Å². The van der Waals surface area contributed by atoms with Crippen LogP contribution in [0, 0.1) is 0 Å². The fourth-order valence-corrected chi connectivity index (χ4v) is 1.93. The van der Waals surface area contributed by atoms with Crippen LogP contribution in [0.4, 0.5) is 0 Å². The van der Waals surface area contributed by atoms with Crippen LogP contribution in [0.5, 0.6) is 0 Å². The van der Waals surface area contributed by atoms with E-state index in [-0.39, 0.29) is 12.1 Å². The van der Waals surface area contributed by atoms with Gasteiger partial charge in [-0.25, -0.2) is 0 Å². The van der Waals surface area contributed by atoms with Gasteiger partial charge in [-0.1, -0.05) is 24.3 Å². The Morgan fingerprint density at radius 3 is 2.50 bits per heavy atom. The molecule has 0 saturated carbocycles. The normalized spacial score (nSPS) is 11.1. The van der Waals surface area contributed by atoms with Crippen LogP contribution in [-0.4, -0.2) is 44.3 Å². The monoisotopic (exact) mass is 279 g/mol. The van der Waals surface area contributed by atoms with Crippen molar-refractivity contribution in [1.82, 2.24) is 4.90 Å². The summed E-state index contributed by atoms with van der Waals surface area (Å²) in [7, 11) is 3.47. The second-order valence-corrected chi connectivity index (χ2v) is 5.18. The number of carbonyl (C=O) groups is 1. The highest BCUT2D eigenvalue weighted by Gasteiger charge is 2.09. The highest BCUT2D eigenvalue weighted by Crippen LogP contribution is 2.12. The lowest BCUT2D eigenvalue weighted by Gasteiger charge is -2.19. The molecule has 4 heteroatoms. The predicted molar refractivity (Wildman–Crippen MR) is 79.6 cm³/mol. The van der Waals surface area contributed by atoms with Crippen molar-refractivity contribution < 1.29 is 14.3 Å². The van der Waals surface area contributed by atoms with E-state index in [2.05, 4.69) is 18.0 Å². The first-order valence-electron chi connectivity index (χ1n) is 6.96. The molecule has 1 rings (SSSR count). The molecular formula is C16H25NO3. The largest absolute Gasteiger partial charge is 0.469 e. The van der Waals surface area contributed by atoms with Crippen molar-refractivity contribution >= 4 is 5.97 Å². The minimum absolute atomic E-state index is 0.205. The van der Waals surface area contributed by atoms with E-state index in [1.54, 1.807) is 0 Å². The average Bonchev–Trinajstić information content (AvgIpc) is 2.40. The first-order valence-corrected chi connectivity index (χ1v) is 6.96. The molecule has 0 bridgehead atoms. The van der Waals surface area contributed by atoms with Crippen LogP contribution in [0.1, 0.15) is 25.0 Å². The number of esters is 1. The summed E-state index contributed by atoms with van der Waals surface area (Å²) < 4.78 is 10.3. The number of likely N-dealkylation sites (N-methyl/N-ethyl adjacent to an activating group) is 1. The third-order valence-electron chi connectivity index (χ3n) is 3.05. The van der Waals surface area contributed by atoms with Gasteiger partial charge in [0.05, 0.1) is 26.2 Å². The van der Waals surface area contributed by atoms with Crippen LogP contribution in [0.15, 0.2) is 24.3 Å². The molecule has 0 heterocycles. The van der Waals surface area contributed by atoms with E-state index in [0.717, 1.165) is 24.2 Å². The molecule has 0 radical (unpaired) electrons. The molecule has 0 aliphatic carbocycles. The second kappa shape index (κ2) is 8.72.